The van der Waals surface area contributed by atoms with Gasteiger partial charge >= 0.3 is 5.97 Å². The largest absolute Gasteiger partial charge is 0.472 e. The highest BCUT2D eigenvalue weighted by molar-refractivity contribution is 6.07. The number of allylic oxidation sites excluding steroid dienone is 2. The van der Waals surface area contributed by atoms with Gasteiger partial charge in [0.25, 0.3) is 0 Å². The van der Waals surface area contributed by atoms with Crippen molar-refractivity contribution < 1.29 is 18.7 Å². The minimum absolute atomic E-state index is 0.0412. The molecule has 1 aliphatic rings. The molecule has 0 spiro atoms. The fraction of sp³-hybridized carbons (Fsp3) is 0.444. The lowest BCUT2D eigenvalue weighted by Crippen LogP contribution is -2.33. The second-order valence-corrected chi connectivity index (χ2v) is 6.33. The highest BCUT2D eigenvalue weighted by Gasteiger charge is 2.37. The minimum Gasteiger partial charge on any atom is -0.472 e. The van der Waals surface area contributed by atoms with Crippen molar-refractivity contribution >= 4 is 17.8 Å². The summed E-state index contributed by atoms with van der Waals surface area (Å²) in [5.41, 5.74) is 2.22. The molecule has 0 aliphatic heterocycles. The van der Waals surface area contributed by atoms with Crippen molar-refractivity contribution in [2.24, 2.45) is 5.41 Å². The first-order valence-electron chi connectivity index (χ1n) is 7.44. The monoisotopic (exact) mass is 302 g/mol. The van der Waals surface area contributed by atoms with Gasteiger partial charge in [0.15, 0.2) is 5.78 Å². The van der Waals surface area contributed by atoms with Crippen molar-refractivity contribution in [2.75, 3.05) is 0 Å². The quantitative estimate of drug-likeness (QED) is 0.624. The van der Waals surface area contributed by atoms with E-state index in [0.29, 0.717) is 0 Å². The molecule has 4 heteroatoms. The van der Waals surface area contributed by atoms with Gasteiger partial charge in [-0.3, -0.25) is 9.59 Å². The van der Waals surface area contributed by atoms with E-state index in [4.69, 9.17) is 9.15 Å². The summed E-state index contributed by atoms with van der Waals surface area (Å²) >= 11 is 0. The van der Waals surface area contributed by atoms with Crippen molar-refractivity contribution in [3.63, 3.8) is 0 Å². The molecule has 118 valence electrons. The molecule has 0 saturated carbocycles. The second-order valence-electron chi connectivity index (χ2n) is 6.33. The van der Waals surface area contributed by atoms with Crippen LogP contribution in [0.1, 0.15) is 46.1 Å². The summed E-state index contributed by atoms with van der Waals surface area (Å²) in [7, 11) is 0. The molecule has 1 unspecified atom stereocenters. The first-order valence-corrected chi connectivity index (χ1v) is 7.44. The number of rotatable bonds is 4. The lowest BCUT2D eigenvalue weighted by molar-refractivity contribution is -0.145. The molecule has 0 radical (unpaired) electrons. The van der Waals surface area contributed by atoms with Gasteiger partial charge in [-0.05, 0) is 49.0 Å². The Kier molecular flexibility index (Phi) is 4.69. The second kappa shape index (κ2) is 6.34. The zero-order chi connectivity index (χ0) is 16.3. The van der Waals surface area contributed by atoms with Crippen molar-refractivity contribution in [2.45, 2.75) is 46.6 Å². The van der Waals surface area contributed by atoms with E-state index >= 15 is 0 Å². The van der Waals surface area contributed by atoms with Gasteiger partial charge < -0.3 is 9.15 Å². The van der Waals surface area contributed by atoms with E-state index in [-0.39, 0.29) is 23.3 Å². The van der Waals surface area contributed by atoms with Crippen LogP contribution >= 0.6 is 0 Å². The topological polar surface area (TPSA) is 56.5 Å². The zero-order valence-electron chi connectivity index (χ0n) is 13.5. The summed E-state index contributed by atoms with van der Waals surface area (Å²) in [5.74, 6) is -0.356. The molecule has 0 saturated heterocycles. The SMILES string of the molecule is CC(=O)OC1CCC(C)(C)C(C(=O)/C=C/c2ccoc2)=C1C. The standard InChI is InChI=1S/C18H22O4/c1-12-16(22-13(2)19)7-9-18(3,4)17(12)15(20)6-5-14-8-10-21-11-14/h5-6,8,10-11,16H,7,9H2,1-4H3/b6-5+. The third-order valence-corrected chi connectivity index (χ3v) is 4.11. The summed E-state index contributed by atoms with van der Waals surface area (Å²) in [6, 6.07) is 1.79. The molecule has 2 rings (SSSR count). The maximum absolute atomic E-state index is 12.6. The molecule has 1 aromatic rings. The van der Waals surface area contributed by atoms with Crippen LogP contribution in [0.25, 0.3) is 6.08 Å². The third-order valence-electron chi connectivity index (χ3n) is 4.11. The Morgan fingerprint density at radius 2 is 2.14 bits per heavy atom. The van der Waals surface area contributed by atoms with Gasteiger partial charge in [0, 0.05) is 18.1 Å². The normalized spacial score (nSPS) is 21.2. The van der Waals surface area contributed by atoms with Crippen LogP contribution in [0.4, 0.5) is 0 Å². The van der Waals surface area contributed by atoms with Crippen molar-refractivity contribution in [1.82, 2.24) is 0 Å². The number of hydrogen-bond donors (Lipinski definition) is 0. The lowest BCUT2D eigenvalue weighted by Gasteiger charge is -2.36. The van der Waals surface area contributed by atoms with Crippen LogP contribution in [0.15, 0.2) is 40.2 Å². The van der Waals surface area contributed by atoms with Crippen LogP contribution in [0, 0.1) is 5.41 Å². The van der Waals surface area contributed by atoms with Gasteiger partial charge in [0.2, 0.25) is 0 Å². The van der Waals surface area contributed by atoms with Gasteiger partial charge in [-0.25, -0.2) is 0 Å². The van der Waals surface area contributed by atoms with Gasteiger partial charge in [-0.2, -0.15) is 0 Å². The van der Waals surface area contributed by atoms with Gasteiger partial charge in [0.05, 0.1) is 12.5 Å². The molecule has 4 nitrogen and oxygen atoms in total. The molecule has 1 atom stereocenters. The molecule has 1 aromatic heterocycles. The molecule has 1 heterocycles. The number of ether oxygens (including phenoxy) is 1. The maximum Gasteiger partial charge on any atom is 0.303 e. The Balaban J connectivity index is 2.30. The fourth-order valence-electron chi connectivity index (χ4n) is 3.03. The van der Waals surface area contributed by atoms with Crippen LogP contribution in [-0.4, -0.2) is 17.9 Å². The van der Waals surface area contributed by atoms with Crippen LogP contribution in [0.3, 0.4) is 0 Å². The van der Waals surface area contributed by atoms with E-state index in [9.17, 15) is 9.59 Å². The molecule has 0 aromatic carbocycles. The van der Waals surface area contributed by atoms with Gasteiger partial charge in [0.1, 0.15) is 6.10 Å². The summed E-state index contributed by atoms with van der Waals surface area (Å²) in [4.78, 5) is 23.9. The van der Waals surface area contributed by atoms with E-state index < -0.39 is 0 Å². The van der Waals surface area contributed by atoms with E-state index in [0.717, 1.165) is 29.6 Å². The minimum atomic E-state index is -0.315. The third kappa shape index (κ3) is 3.56. The highest BCUT2D eigenvalue weighted by atomic mass is 16.5. The predicted molar refractivity (Wildman–Crippen MR) is 84.0 cm³/mol. The molecule has 0 fully saturated rings. The van der Waals surface area contributed by atoms with Crippen molar-refractivity contribution in [3.05, 3.63) is 41.4 Å². The Morgan fingerprint density at radius 3 is 2.73 bits per heavy atom. The number of carbonyl (C=O) groups is 2. The molecule has 1 aliphatic carbocycles. The summed E-state index contributed by atoms with van der Waals surface area (Å²) < 4.78 is 10.3. The van der Waals surface area contributed by atoms with Crippen molar-refractivity contribution in [1.29, 1.82) is 0 Å². The predicted octanol–water partition coefficient (Wildman–Crippen LogP) is 3.93. The number of furan rings is 1. The Bertz CT molecular complexity index is 618. The Labute approximate surface area is 130 Å². The molecular weight excluding hydrogens is 280 g/mol. The summed E-state index contributed by atoms with van der Waals surface area (Å²) in [6.45, 7) is 7.39. The smallest absolute Gasteiger partial charge is 0.303 e. The van der Waals surface area contributed by atoms with E-state index in [1.807, 2.05) is 6.92 Å². The Hall–Kier alpha value is -2.10. The number of hydrogen-bond acceptors (Lipinski definition) is 4. The van der Waals surface area contributed by atoms with E-state index in [2.05, 4.69) is 13.8 Å². The van der Waals surface area contributed by atoms with E-state index in [1.54, 1.807) is 30.7 Å². The average molecular weight is 302 g/mol. The van der Waals surface area contributed by atoms with Crippen LogP contribution in [0.5, 0.6) is 0 Å². The first kappa shape index (κ1) is 16.3. The Morgan fingerprint density at radius 1 is 1.41 bits per heavy atom. The molecule has 0 bridgehead atoms. The molecular formula is C18H22O4. The number of esters is 1. The van der Waals surface area contributed by atoms with Gasteiger partial charge in [-0.15, -0.1) is 0 Å². The van der Waals surface area contributed by atoms with Gasteiger partial charge in [-0.1, -0.05) is 13.8 Å². The van der Waals surface area contributed by atoms with E-state index in [1.165, 1.54) is 6.92 Å². The van der Waals surface area contributed by atoms with Crippen LogP contribution in [0.2, 0.25) is 0 Å². The van der Waals surface area contributed by atoms with Crippen LogP contribution in [-0.2, 0) is 14.3 Å². The number of ketones is 1. The summed E-state index contributed by atoms with van der Waals surface area (Å²) in [5, 5.41) is 0. The fourth-order valence-corrected chi connectivity index (χ4v) is 3.03. The number of carbonyl (C=O) groups excluding carboxylic acids is 2. The average Bonchev–Trinajstić information content (AvgIpc) is 2.92. The highest BCUT2D eigenvalue weighted by Crippen LogP contribution is 2.41. The molecule has 22 heavy (non-hydrogen) atoms. The molecule has 0 amide bonds. The first-order chi connectivity index (χ1) is 10.3. The lowest BCUT2D eigenvalue weighted by atomic mass is 9.70. The maximum atomic E-state index is 12.6. The molecule has 0 N–H and O–H groups in total. The summed E-state index contributed by atoms with van der Waals surface area (Å²) in [6.07, 6.45) is 7.70. The van der Waals surface area contributed by atoms with Crippen molar-refractivity contribution in [3.8, 4) is 0 Å². The zero-order valence-corrected chi connectivity index (χ0v) is 13.5. The van der Waals surface area contributed by atoms with Crippen LogP contribution < -0.4 is 0 Å².